The molecule has 1 aliphatic rings. The summed E-state index contributed by atoms with van der Waals surface area (Å²) in [6.07, 6.45) is 3.06. The number of benzene rings is 1. The average molecular weight is 381 g/mol. The Bertz CT molecular complexity index is 950. The maximum atomic E-state index is 13.2. The number of carboxylic acids is 1. The van der Waals surface area contributed by atoms with E-state index < -0.39 is 11.9 Å². The molecule has 4 rings (SSSR count). The molecule has 0 saturated carbocycles. The van der Waals surface area contributed by atoms with Gasteiger partial charge < -0.3 is 10.0 Å². The summed E-state index contributed by atoms with van der Waals surface area (Å²) in [4.78, 5) is 27.1. The number of hydrogen-bond acceptors (Lipinski definition) is 4. The fourth-order valence-corrected chi connectivity index (χ4v) is 4.10. The molecule has 1 unspecified atom stereocenters. The molecular weight excluding hydrogens is 362 g/mol. The molecule has 138 valence electrons. The molecule has 0 radical (unpaired) electrons. The van der Waals surface area contributed by atoms with Crippen LogP contribution in [-0.2, 0) is 4.79 Å². The van der Waals surface area contributed by atoms with Crippen molar-refractivity contribution in [2.75, 3.05) is 13.1 Å². The van der Waals surface area contributed by atoms with Crippen molar-refractivity contribution < 1.29 is 14.7 Å². The number of amides is 1. The van der Waals surface area contributed by atoms with E-state index >= 15 is 0 Å². The van der Waals surface area contributed by atoms with E-state index in [0.717, 1.165) is 10.6 Å². The van der Waals surface area contributed by atoms with E-state index in [0.29, 0.717) is 30.6 Å². The second kappa shape index (κ2) is 7.36. The van der Waals surface area contributed by atoms with Gasteiger partial charge in [0.2, 0.25) is 0 Å². The van der Waals surface area contributed by atoms with Gasteiger partial charge in [-0.25, -0.2) is 4.68 Å². The number of aromatic nitrogens is 2. The molecule has 0 spiro atoms. The standard InChI is InChI=1S/C20H19N3O3S/c24-19(22-10-4-6-14(12-22)20(25)26)16-13-23(15-7-2-1-3-8-15)21-18(16)17-9-5-11-27-17/h1-3,5,7-9,11,13-14H,4,6,10,12H2,(H,25,26). The second-order valence-electron chi connectivity index (χ2n) is 6.58. The number of hydrogen-bond donors (Lipinski definition) is 1. The summed E-state index contributed by atoms with van der Waals surface area (Å²) >= 11 is 1.53. The van der Waals surface area contributed by atoms with Gasteiger partial charge in [0.25, 0.3) is 5.91 Å². The van der Waals surface area contributed by atoms with E-state index in [1.165, 1.54) is 11.3 Å². The van der Waals surface area contributed by atoms with Crippen LogP contribution >= 0.6 is 11.3 Å². The summed E-state index contributed by atoms with van der Waals surface area (Å²) in [6, 6.07) is 13.5. The molecule has 1 saturated heterocycles. The van der Waals surface area contributed by atoms with Crippen LogP contribution < -0.4 is 0 Å². The monoisotopic (exact) mass is 381 g/mol. The predicted octanol–water partition coefficient (Wildman–Crippen LogP) is 3.54. The number of thiophene rings is 1. The summed E-state index contributed by atoms with van der Waals surface area (Å²) in [6.45, 7) is 0.817. The van der Waals surface area contributed by atoms with E-state index in [4.69, 9.17) is 0 Å². The third-order valence-electron chi connectivity index (χ3n) is 4.78. The zero-order valence-corrected chi connectivity index (χ0v) is 15.4. The van der Waals surface area contributed by atoms with Crippen molar-refractivity contribution in [2.45, 2.75) is 12.8 Å². The zero-order valence-electron chi connectivity index (χ0n) is 14.6. The Labute approximate surface area is 160 Å². The van der Waals surface area contributed by atoms with Gasteiger partial charge in [-0.2, -0.15) is 5.10 Å². The molecule has 7 heteroatoms. The Balaban J connectivity index is 1.71. The number of carboxylic acid groups (broad SMARTS) is 1. The first kappa shape index (κ1) is 17.5. The van der Waals surface area contributed by atoms with Crippen molar-refractivity contribution in [1.82, 2.24) is 14.7 Å². The Hall–Kier alpha value is -2.93. The van der Waals surface area contributed by atoms with Crippen LogP contribution in [0.2, 0.25) is 0 Å². The zero-order chi connectivity index (χ0) is 18.8. The minimum absolute atomic E-state index is 0.161. The smallest absolute Gasteiger partial charge is 0.308 e. The fourth-order valence-electron chi connectivity index (χ4n) is 3.37. The van der Waals surface area contributed by atoms with Crippen molar-refractivity contribution in [2.24, 2.45) is 5.92 Å². The molecule has 1 amide bonds. The quantitative estimate of drug-likeness (QED) is 0.750. The molecule has 1 atom stereocenters. The first-order valence-corrected chi connectivity index (χ1v) is 9.72. The summed E-state index contributed by atoms with van der Waals surface area (Å²) in [5.74, 6) is -1.51. The number of likely N-dealkylation sites (tertiary alicyclic amines) is 1. The molecule has 0 bridgehead atoms. The van der Waals surface area contributed by atoms with Gasteiger partial charge in [0.05, 0.1) is 22.0 Å². The van der Waals surface area contributed by atoms with Crippen molar-refractivity contribution in [1.29, 1.82) is 0 Å². The number of carbonyl (C=O) groups excluding carboxylic acids is 1. The second-order valence-corrected chi connectivity index (χ2v) is 7.53. The van der Waals surface area contributed by atoms with Gasteiger partial charge in [-0.1, -0.05) is 24.3 Å². The molecule has 1 aliphatic heterocycles. The Kier molecular flexibility index (Phi) is 4.77. The van der Waals surface area contributed by atoms with E-state index in [9.17, 15) is 14.7 Å². The normalized spacial score (nSPS) is 17.0. The predicted molar refractivity (Wildman–Crippen MR) is 103 cm³/mol. The third kappa shape index (κ3) is 3.50. The van der Waals surface area contributed by atoms with Gasteiger partial charge in [0, 0.05) is 19.3 Å². The number of para-hydroxylation sites is 1. The van der Waals surface area contributed by atoms with Crippen LogP contribution in [0.5, 0.6) is 0 Å². The summed E-state index contributed by atoms with van der Waals surface area (Å²) < 4.78 is 1.71. The number of nitrogens with zero attached hydrogens (tertiary/aromatic N) is 3. The molecule has 6 nitrogen and oxygen atoms in total. The van der Waals surface area contributed by atoms with Gasteiger partial charge in [0.1, 0.15) is 5.69 Å². The largest absolute Gasteiger partial charge is 0.481 e. The highest BCUT2D eigenvalue weighted by atomic mass is 32.1. The molecular formula is C20H19N3O3S. The van der Waals surface area contributed by atoms with Crippen LogP contribution in [0.1, 0.15) is 23.2 Å². The number of rotatable bonds is 4. The van der Waals surface area contributed by atoms with Gasteiger partial charge in [-0.15, -0.1) is 11.3 Å². The molecule has 1 N–H and O–H groups in total. The average Bonchev–Trinajstić information content (AvgIpc) is 3.38. The lowest BCUT2D eigenvalue weighted by atomic mass is 9.97. The van der Waals surface area contributed by atoms with Crippen LogP contribution in [0.15, 0.2) is 54.0 Å². The highest BCUT2D eigenvalue weighted by Crippen LogP contribution is 2.29. The molecule has 0 aliphatic carbocycles. The van der Waals surface area contributed by atoms with Gasteiger partial charge >= 0.3 is 5.97 Å². The topological polar surface area (TPSA) is 75.4 Å². The maximum Gasteiger partial charge on any atom is 0.308 e. The van der Waals surface area contributed by atoms with Crippen LogP contribution in [0.3, 0.4) is 0 Å². The number of piperidine rings is 1. The summed E-state index contributed by atoms with van der Waals surface area (Å²) in [5, 5.41) is 15.9. The summed E-state index contributed by atoms with van der Waals surface area (Å²) in [5.41, 5.74) is 2.01. The highest BCUT2D eigenvalue weighted by molar-refractivity contribution is 7.13. The third-order valence-corrected chi connectivity index (χ3v) is 5.65. The lowest BCUT2D eigenvalue weighted by Gasteiger charge is -2.30. The van der Waals surface area contributed by atoms with Gasteiger partial charge in [-0.3, -0.25) is 9.59 Å². The van der Waals surface area contributed by atoms with E-state index in [2.05, 4.69) is 5.10 Å². The molecule has 27 heavy (non-hydrogen) atoms. The lowest BCUT2D eigenvalue weighted by Crippen LogP contribution is -2.42. The van der Waals surface area contributed by atoms with Crippen LogP contribution in [0.4, 0.5) is 0 Å². The first-order valence-electron chi connectivity index (χ1n) is 8.84. The fraction of sp³-hybridized carbons (Fsp3) is 0.250. The van der Waals surface area contributed by atoms with Crippen molar-refractivity contribution >= 4 is 23.2 Å². The van der Waals surface area contributed by atoms with Gasteiger partial charge in [-0.05, 0) is 36.4 Å². The van der Waals surface area contributed by atoms with E-state index in [1.807, 2.05) is 47.8 Å². The van der Waals surface area contributed by atoms with Crippen LogP contribution in [-0.4, -0.2) is 44.8 Å². The van der Waals surface area contributed by atoms with Crippen molar-refractivity contribution in [3.05, 3.63) is 59.6 Å². The number of aliphatic carboxylic acids is 1. The Morgan fingerprint density at radius 1 is 1.15 bits per heavy atom. The molecule has 2 aromatic heterocycles. The molecule has 1 aromatic carbocycles. The molecule has 3 aromatic rings. The van der Waals surface area contributed by atoms with Crippen LogP contribution in [0.25, 0.3) is 16.3 Å². The highest BCUT2D eigenvalue weighted by Gasteiger charge is 2.31. The summed E-state index contributed by atoms with van der Waals surface area (Å²) in [7, 11) is 0. The van der Waals surface area contributed by atoms with Gasteiger partial charge in [0.15, 0.2) is 0 Å². The lowest BCUT2D eigenvalue weighted by molar-refractivity contribution is -0.143. The minimum Gasteiger partial charge on any atom is -0.481 e. The first-order chi connectivity index (χ1) is 13.1. The van der Waals surface area contributed by atoms with Crippen LogP contribution in [0, 0.1) is 5.92 Å². The SMILES string of the molecule is O=C(O)C1CCCN(C(=O)c2cn(-c3ccccc3)nc2-c2cccs2)C1. The Morgan fingerprint density at radius 2 is 1.96 bits per heavy atom. The number of carbonyl (C=O) groups is 2. The Morgan fingerprint density at radius 3 is 2.67 bits per heavy atom. The van der Waals surface area contributed by atoms with E-state index in [-0.39, 0.29) is 12.5 Å². The molecule has 3 heterocycles. The minimum atomic E-state index is -0.842. The van der Waals surface area contributed by atoms with Crippen molar-refractivity contribution in [3.63, 3.8) is 0 Å². The molecule has 1 fully saturated rings. The van der Waals surface area contributed by atoms with Crippen molar-refractivity contribution in [3.8, 4) is 16.3 Å². The van der Waals surface area contributed by atoms with E-state index in [1.54, 1.807) is 15.8 Å². The maximum absolute atomic E-state index is 13.2.